The van der Waals surface area contributed by atoms with E-state index in [-0.39, 0.29) is 0 Å². The Hall–Kier alpha value is -1.32. The van der Waals surface area contributed by atoms with Crippen molar-refractivity contribution in [3.63, 3.8) is 0 Å². The lowest BCUT2D eigenvalue weighted by atomic mass is 10.1. The van der Waals surface area contributed by atoms with Crippen LogP contribution in [0.25, 0.3) is 5.69 Å². The molecule has 0 saturated carbocycles. The maximum absolute atomic E-state index is 5.94. The maximum Gasteiger partial charge on any atom is 0.0661 e. The topological polar surface area (TPSA) is 43.8 Å². The average Bonchev–Trinajstić information content (AvgIpc) is 2.78. The molecule has 2 N–H and O–H groups in total. The lowest BCUT2D eigenvalue weighted by molar-refractivity contribution is 0.792. The molecule has 0 aliphatic heterocycles. The zero-order valence-corrected chi connectivity index (χ0v) is 12.2. The number of aryl methyl sites for hydroxylation is 1. The molecule has 0 saturated heterocycles. The van der Waals surface area contributed by atoms with Crippen LogP contribution in [0.2, 0.25) is 5.02 Å². The Balaban J connectivity index is 2.53. The summed E-state index contributed by atoms with van der Waals surface area (Å²) < 4.78 is 2.03. The van der Waals surface area contributed by atoms with Gasteiger partial charge in [0.05, 0.1) is 11.4 Å². The highest BCUT2D eigenvalue weighted by atomic mass is 35.5. The van der Waals surface area contributed by atoms with E-state index in [2.05, 4.69) is 13.8 Å². The normalized spacial score (nSPS) is 10.9. The van der Waals surface area contributed by atoms with Crippen LogP contribution in [0.5, 0.6) is 0 Å². The second-order valence-electron chi connectivity index (χ2n) is 4.51. The second kappa shape index (κ2) is 6.22. The standard InChI is InChI=1S/C15H20ClN3/c1-3-14-13(9-10-17)15(4-2)19(18-14)12-7-5-11(16)6-8-12/h5-8H,3-4,9-10,17H2,1-2H3. The quantitative estimate of drug-likeness (QED) is 0.912. The summed E-state index contributed by atoms with van der Waals surface area (Å²) in [5, 5.41) is 5.48. The van der Waals surface area contributed by atoms with Gasteiger partial charge in [-0.25, -0.2) is 4.68 Å². The van der Waals surface area contributed by atoms with E-state index in [0.29, 0.717) is 6.54 Å². The third-order valence-electron chi connectivity index (χ3n) is 3.31. The molecule has 102 valence electrons. The van der Waals surface area contributed by atoms with Crippen molar-refractivity contribution in [3.8, 4) is 5.69 Å². The van der Waals surface area contributed by atoms with Gasteiger partial charge in [0.2, 0.25) is 0 Å². The Bertz CT molecular complexity index is 543. The van der Waals surface area contributed by atoms with Gasteiger partial charge in [-0.15, -0.1) is 0 Å². The SMILES string of the molecule is CCc1nn(-c2ccc(Cl)cc2)c(CC)c1CCN. The minimum atomic E-state index is 0.659. The first-order valence-corrected chi connectivity index (χ1v) is 7.14. The number of aromatic nitrogens is 2. The minimum Gasteiger partial charge on any atom is -0.330 e. The molecule has 0 amide bonds. The molecule has 2 rings (SSSR count). The molecular formula is C15H20ClN3. The van der Waals surface area contributed by atoms with Crippen molar-refractivity contribution in [3.05, 3.63) is 46.2 Å². The zero-order valence-electron chi connectivity index (χ0n) is 11.5. The molecule has 0 fully saturated rings. The molecule has 4 heteroatoms. The summed E-state index contributed by atoms with van der Waals surface area (Å²) in [5.41, 5.74) is 10.5. The highest BCUT2D eigenvalue weighted by molar-refractivity contribution is 6.30. The van der Waals surface area contributed by atoms with E-state index in [1.54, 1.807) is 0 Å². The summed E-state index contributed by atoms with van der Waals surface area (Å²) in [6.07, 6.45) is 2.77. The lowest BCUT2D eigenvalue weighted by Gasteiger charge is -2.07. The average molecular weight is 278 g/mol. The Morgan fingerprint density at radius 1 is 1.16 bits per heavy atom. The van der Waals surface area contributed by atoms with E-state index in [1.165, 1.54) is 11.3 Å². The van der Waals surface area contributed by atoms with E-state index < -0.39 is 0 Å². The summed E-state index contributed by atoms with van der Waals surface area (Å²) in [4.78, 5) is 0. The molecule has 19 heavy (non-hydrogen) atoms. The van der Waals surface area contributed by atoms with E-state index in [0.717, 1.165) is 35.7 Å². The zero-order chi connectivity index (χ0) is 13.8. The Kier molecular flexibility index (Phi) is 4.61. The van der Waals surface area contributed by atoms with Crippen LogP contribution in [-0.2, 0) is 19.3 Å². The highest BCUT2D eigenvalue weighted by Crippen LogP contribution is 2.21. The lowest BCUT2D eigenvalue weighted by Crippen LogP contribution is -2.07. The fraction of sp³-hybridized carbons (Fsp3) is 0.400. The van der Waals surface area contributed by atoms with Crippen LogP contribution >= 0.6 is 11.6 Å². The molecule has 3 nitrogen and oxygen atoms in total. The molecule has 2 aromatic rings. The molecule has 1 aromatic carbocycles. The third kappa shape index (κ3) is 2.82. The molecule has 0 atom stereocenters. The van der Waals surface area contributed by atoms with Gasteiger partial charge in [0.15, 0.2) is 0 Å². The number of hydrogen-bond acceptors (Lipinski definition) is 2. The van der Waals surface area contributed by atoms with Gasteiger partial charge in [-0.3, -0.25) is 0 Å². The van der Waals surface area contributed by atoms with Crippen molar-refractivity contribution in [1.82, 2.24) is 9.78 Å². The molecule has 1 aromatic heterocycles. The van der Waals surface area contributed by atoms with Gasteiger partial charge >= 0.3 is 0 Å². The number of rotatable bonds is 5. The van der Waals surface area contributed by atoms with Crippen LogP contribution in [0.15, 0.2) is 24.3 Å². The van der Waals surface area contributed by atoms with Crippen LogP contribution in [0, 0.1) is 0 Å². The fourth-order valence-corrected chi connectivity index (χ4v) is 2.54. The first-order valence-electron chi connectivity index (χ1n) is 6.76. The van der Waals surface area contributed by atoms with Gasteiger partial charge in [-0.2, -0.15) is 5.10 Å². The van der Waals surface area contributed by atoms with Gasteiger partial charge in [0, 0.05) is 10.7 Å². The smallest absolute Gasteiger partial charge is 0.0661 e. The number of hydrogen-bond donors (Lipinski definition) is 1. The fourth-order valence-electron chi connectivity index (χ4n) is 2.41. The molecule has 0 aliphatic rings. The summed E-state index contributed by atoms with van der Waals surface area (Å²) in [7, 11) is 0. The predicted molar refractivity (Wildman–Crippen MR) is 80.1 cm³/mol. The van der Waals surface area contributed by atoms with E-state index in [9.17, 15) is 0 Å². The van der Waals surface area contributed by atoms with Gasteiger partial charge in [-0.05, 0) is 55.6 Å². The van der Waals surface area contributed by atoms with Crippen molar-refractivity contribution in [2.24, 2.45) is 5.73 Å². The monoisotopic (exact) mass is 277 g/mol. The Morgan fingerprint density at radius 3 is 2.37 bits per heavy atom. The first kappa shape index (κ1) is 14.1. The van der Waals surface area contributed by atoms with Crippen molar-refractivity contribution in [1.29, 1.82) is 0 Å². The van der Waals surface area contributed by atoms with Crippen LogP contribution in [0.1, 0.15) is 30.8 Å². The minimum absolute atomic E-state index is 0.659. The van der Waals surface area contributed by atoms with E-state index in [1.807, 2.05) is 28.9 Å². The van der Waals surface area contributed by atoms with E-state index in [4.69, 9.17) is 22.4 Å². The molecule has 0 unspecified atom stereocenters. The molecule has 1 heterocycles. The molecular weight excluding hydrogens is 258 g/mol. The second-order valence-corrected chi connectivity index (χ2v) is 4.94. The number of halogens is 1. The summed E-state index contributed by atoms with van der Waals surface area (Å²) in [6.45, 7) is 4.95. The summed E-state index contributed by atoms with van der Waals surface area (Å²) in [6, 6.07) is 7.79. The van der Waals surface area contributed by atoms with Crippen LogP contribution in [-0.4, -0.2) is 16.3 Å². The molecule has 0 radical (unpaired) electrons. The number of nitrogens with two attached hydrogens (primary N) is 1. The van der Waals surface area contributed by atoms with Gasteiger partial charge in [0.25, 0.3) is 0 Å². The van der Waals surface area contributed by atoms with Crippen molar-refractivity contribution < 1.29 is 0 Å². The maximum atomic E-state index is 5.94. The molecule has 0 bridgehead atoms. The van der Waals surface area contributed by atoms with Crippen molar-refractivity contribution in [2.75, 3.05) is 6.54 Å². The number of nitrogens with zero attached hydrogens (tertiary/aromatic N) is 2. The summed E-state index contributed by atoms with van der Waals surface area (Å²) in [5.74, 6) is 0. The van der Waals surface area contributed by atoms with Gasteiger partial charge < -0.3 is 5.73 Å². The van der Waals surface area contributed by atoms with Crippen molar-refractivity contribution in [2.45, 2.75) is 33.1 Å². The largest absolute Gasteiger partial charge is 0.330 e. The number of benzene rings is 1. The van der Waals surface area contributed by atoms with E-state index >= 15 is 0 Å². The molecule has 0 spiro atoms. The summed E-state index contributed by atoms with van der Waals surface area (Å²) >= 11 is 5.94. The Morgan fingerprint density at radius 2 is 1.84 bits per heavy atom. The van der Waals surface area contributed by atoms with Crippen molar-refractivity contribution >= 4 is 11.6 Å². The molecule has 0 aliphatic carbocycles. The highest BCUT2D eigenvalue weighted by Gasteiger charge is 2.15. The third-order valence-corrected chi connectivity index (χ3v) is 3.56. The van der Waals surface area contributed by atoms with Crippen LogP contribution in [0.4, 0.5) is 0 Å². The predicted octanol–water partition coefficient (Wildman–Crippen LogP) is 3.15. The van der Waals surface area contributed by atoms with Crippen LogP contribution < -0.4 is 5.73 Å². The van der Waals surface area contributed by atoms with Gasteiger partial charge in [0.1, 0.15) is 0 Å². The van der Waals surface area contributed by atoms with Gasteiger partial charge in [-0.1, -0.05) is 25.4 Å². The van der Waals surface area contributed by atoms with Crippen LogP contribution in [0.3, 0.4) is 0 Å². The Labute approximate surface area is 119 Å². The first-order chi connectivity index (χ1) is 9.21.